The van der Waals surface area contributed by atoms with Gasteiger partial charge in [-0.2, -0.15) is 0 Å². The summed E-state index contributed by atoms with van der Waals surface area (Å²) in [6, 6.07) is 8.39. The summed E-state index contributed by atoms with van der Waals surface area (Å²) in [5.74, 6) is -0.309. The Balaban J connectivity index is 1.72. The summed E-state index contributed by atoms with van der Waals surface area (Å²) in [6.45, 7) is 4.51. The number of nitrogen functional groups attached to an aromatic ring is 1. The zero-order chi connectivity index (χ0) is 17.7. The minimum Gasteiger partial charge on any atom is -0.375 e. The minimum absolute atomic E-state index is 0.0422. The fraction of sp³-hybridized carbons (Fsp3) is 0.263. The van der Waals surface area contributed by atoms with Crippen LogP contribution < -0.4 is 5.73 Å². The number of nitrogens with two attached hydrogens (primary N) is 1. The van der Waals surface area contributed by atoms with Crippen LogP contribution in [0.3, 0.4) is 0 Å². The standard InChI is InChI=1S/C19H18FN3OS/c1-10-7-13(8-16-17(10)22-19(21)25-16)18(24)23-6-5-12-3-4-14(20)9-15(12)11(23)2/h3-4,7-9,11H,5-6H2,1-2H3,(H2,21,22). The lowest BCUT2D eigenvalue weighted by Crippen LogP contribution is -2.39. The fourth-order valence-electron chi connectivity index (χ4n) is 3.57. The van der Waals surface area contributed by atoms with E-state index in [4.69, 9.17) is 5.73 Å². The smallest absolute Gasteiger partial charge is 0.254 e. The van der Waals surface area contributed by atoms with Gasteiger partial charge in [0, 0.05) is 12.1 Å². The van der Waals surface area contributed by atoms with Crippen LogP contribution in [0.4, 0.5) is 9.52 Å². The molecule has 1 aromatic heterocycles. The second-order valence-corrected chi connectivity index (χ2v) is 7.52. The molecule has 0 saturated heterocycles. The predicted molar refractivity (Wildman–Crippen MR) is 98.3 cm³/mol. The number of aromatic nitrogens is 1. The van der Waals surface area contributed by atoms with Crippen molar-refractivity contribution in [2.75, 3.05) is 12.3 Å². The maximum Gasteiger partial charge on any atom is 0.254 e. The van der Waals surface area contributed by atoms with E-state index in [0.29, 0.717) is 17.2 Å². The largest absolute Gasteiger partial charge is 0.375 e. The highest BCUT2D eigenvalue weighted by molar-refractivity contribution is 7.22. The lowest BCUT2D eigenvalue weighted by molar-refractivity contribution is 0.0677. The molecule has 1 aliphatic rings. The summed E-state index contributed by atoms with van der Waals surface area (Å²) in [6.07, 6.45) is 0.737. The maximum atomic E-state index is 13.6. The summed E-state index contributed by atoms with van der Waals surface area (Å²) in [7, 11) is 0. The first-order chi connectivity index (χ1) is 11.9. The molecule has 3 aromatic rings. The van der Waals surface area contributed by atoms with Crippen LogP contribution in [0.5, 0.6) is 0 Å². The average molecular weight is 355 g/mol. The first-order valence-corrected chi connectivity index (χ1v) is 9.01. The number of carbonyl (C=O) groups excluding carboxylic acids is 1. The molecule has 0 saturated carbocycles. The number of aryl methyl sites for hydroxylation is 1. The van der Waals surface area contributed by atoms with Crippen LogP contribution in [0.15, 0.2) is 30.3 Å². The molecule has 6 heteroatoms. The zero-order valence-corrected chi connectivity index (χ0v) is 14.9. The van der Waals surface area contributed by atoms with Gasteiger partial charge in [-0.1, -0.05) is 17.4 Å². The Hall–Kier alpha value is -2.47. The van der Waals surface area contributed by atoms with Crippen LogP contribution >= 0.6 is 11.3 Å². The molecule has 2 heterocycles. The van der Waals surface area contributed by atoms with Crippen LogP contribution in [-0.4, -0.2) is 22.3 Å². The van der Waals surface area contributed by atoms with Gasteiger partial charge in [-0.05, 0) is 61.2 Å². The van der Waals surface area contributed by atoms with Crippen LogP contribution in [0.2, 0.25) is 0 Å². The Kier molecular flexibility index (Phi) is 3.72. The quantitative estimate of drug-likeness (QED) is 0.715. The van der Waals surface area contributed by atoms with E-state index in [1.165, 1.54) is 23.5 Å². The molecular weight excluding hydrogens is 337 g/mol. The number of amides is 1. The van der Waals surface area contributed by atoms with E-state index in [2.05, 4.69) is 4.98 Å². The molecule has 4 nitrogen and oxygen atoms in total. The second kappa shape index (κ2) is 5.81. The summed E-state index contributed by atoms with van der Waals surface area (Å²) < 4.78 is 14.5. The molecule has 0 fully saturated rings. The first kappa shape index (κ1) is 16.0. The van der Waals surface area contributed by atoms with Crippen LogP contribution in [0, 0.1) is 12.7 Å². The third-order valence-corrected chi connectivity index (χ3v) is 5.69. The van der Waals surface area contributed by atoms with E-state index < -0.39 is 0 Å². The van der Waals surface area contributed by atoms with Crippen molar-refractivity contribution >= 4 is 32.6 Å². The van der Waals surface area contributed by atoms with Crippen molar-refractivity contribution in [3.05, 3.63) is 58.4 Å². The third kappa shape index (κ3) is 2.66. The Morgan fingerprint density at radius 2 is 2.16 bits per heavy atom. The Morgan fingerprint density at radius 1 is 1.36 bits per heavy atom. The molecule has 1 aliphatic heterocycles. The van der Waals surface area contributed by atoms with Crippen LogP contribution in [0.25, 0.3) is 10.2 Å². The number of hydrogen-bond donors (Lipinski definition) is 1. The topological polar surface area (TPSA) is 59.2 Å². The molecule has 0 bridgehead atoms. The normalized spacial score (nSPS) is 16.9. The molecular formula is C19H18FN3OS. The summed E-state index contributed by atoms with van der Waals surface area (Å²) in [5, 5.41) is 0.499. The number of carbonyl (C=O) groups is 1. The molecule has 2 N–H and O–H groups in total. The highest BCUT2D eigenvalue weighted by atomic mass is 32.1. The minimum atomic E-state index is -0.266. The summed E-state index contributed by atoms with van der Waals surface area (Å²) >= 11 is 1.38. The van der Waals surface area contributed by atoms with Crippen molar-refractivity contribution in [1.29, 1.82) is 0 Å². The third-order valence-electron chi connectivity index (χ3n) is 4.86. The van der Waals surface area contributed by atoms with Crippen molar-refractivity contribution < 1.29 is 9.18 Å². The molecule has 1 amide bonds. The Morgan fingerprint density at radius 3 is 2.96 bits per heavy atom. The van der Waals surface area contributed by atoms with Gasteiger partial charge in [0.15, 0.2) is 5.13 Å². The average Bonchev–Trinajstić information content (AvgIpc) is 2.96. The van der Waals surface area contributed by atoms with E-state index in [9.17, 15) is 9.18 Å². The zero-order valence-electron chi connectivity index (χ0n) is 14.0. The number of benzene rings is 2. The van der Waals surface area contributed by atoms with E-state index in [1.54, 1.807) is 0 Å². The number of thiazole rings is 1. The number of nitrogens with zero attached hydrogens (tertiary/aromatic N) is 2. The molecule has 4 rings (SSSR count). The van der Waals surface area contributed by atoms with Gasteiger partial charge >= 0.3 is 0 Å². The molecule has 0 aliphatic carbocycles. The van der Waals surface area contributed by atoms with Gasteiger partial charge in [-0.25, -0.2) is 9.37 Å². The molecule has 1 atom stereocenters. The monoisotopic (exact) mass is 355 g/mol. The van der Waals surface area contributed by atoms with Crippen LogP contribution in [0.1, 0.15) is 40.0 Å². The molecule has 0 spiro atoms. The maximum absolute atomic E-state index is 13.6. The lowest BCUT2D eigenvalue weighted by atomic mass is 9.92. The fourth-order valence-corrected chi connectivity index (χ4v) is 4.42. The molecule has 0 radical (unpaired) electrons. The number of halogens is 1. The van der Waals surface area contributed by atoms with Crippen molar-refractivity contribution in [3.8, 4) is 0 Å². The van der Waals surface area contributed by atoms with Crippen molar-refractivity contribution in [2.24, 2.45) is 0 Å². The second-order valence-electron chi connectivity index (χ2n) is 6.46. The molecule has 25 heavy (non-hydrogen) atoms. The Bertz CT molecular complexity index is 998. The lowest BCUT2D eigenvalue weighted by Gasteiger charge is -2.35. The highest BCUT2D eigenvalue weighted by Gasteiger charge is 2.29. The van der Waals surface area contributed by atoms with E-state index in [-0.39, 0.29) is 17.8 Å². The van der Waals surface area contributed by atoms with E-state index >= 15 is 0 Å². The van der Waals surface area contributed by atoms with Gasteiger partial charge in [0.05, 0.1) is 16.3 Å². The molecule has 2 aromatic carbocycles. The molecule has 1 unspecified atom stereocenters. The van der Waals surface area contributed by atoms with E-state index in [0.717, 1.165) is 33.3 Å². The van der Waals surface area contributed by atoms with Crippen molar-refractivity contribution in [2.45, 2.75) is 26.3 Å². The number of rotatable bonds is 1. The Labute approximate surface area is 149 Å². The summed E-state index contributed by atoms with van der Waals surface area (Å²) in [4.78, 5) is 19.2. The SMILES string of the molecule is Cc1cc(C(=O)N2CCc3ccc(F)cc3C2C)cc2sc(N)nc12. The van der Waals surface area contributed by atoms with E-state index in [1.807, 2.05) is 36.9 Å². The van der Waals surface area contributed by atoms with Gasteiger partial charge < -0.3 is 10.6 Å². The van der Waals surface area contributed by atoms with Gasteiger partial charge in [-0.3, -0.25) is 4.79 Å². The summed E-state index contributed by atoms with van der Waals surface area (Å²) in [5.41, 5.74) is 10.2. The number of fused-ring (bicyclic) bond motifs is 2. The van der Waals surface area contributed by atoms with Gasteiger partial charge in [0.1, 0.15) is 5.82 Å². The molecule has 128 valence electrons. The van der Waals surface area contributed by atoms with Crippen LogP contribution in [-0.2, 0) is 6.42 Å². The predicted octanol–water partition coefficient (Wildman–Crippen LogP) is 4.09. The van der Waals surface area contributed by atoms with Gasteiger partial charge in [0.25, 0.3) is 5.91 Å². The number of hydrogen-bond acceptors (Lipinski definition) is 4. The number of anilines is 1. The van der Waals surface area contributed by atoms with Crippen molar-refractivity contribution in [1.82, 2.24) is 9.88 Å². The van der Waals surface area contributed by atoms with Gasteiger partial charge in [0.2, 0.25) is 0 Å². The highest BCUT2D eigenvalue weighted by Crippen LogP contribution is 2.33. The van der Waals surface area contributed by atoms with Gasteiger partial charge in [-0.15, -0.1) is 0 Å². The van der Waals surface area contributed by atoms with Crippen molar-refractivity contribution in [3.63, 3.8) is 0 Å². The first-order valence-electron chi connectivity index (χ1n) is 8.20.